The molecule has 2 aromatic carbocycles. The molecule has 0 unspecified atom stereocenters. The molecule has 0 aliphatic carbocycles. The lowest BCUT2D eigenvalue weighted by atomic mass is 10.1. The van der Waals surface area contributed by atoms with Crippen molar-refractivity contribution in [1.82, 2.24) is 14.9 Å². The van der Waals surface area contributed by atoms with Crippen molar-refractivity contribution in [2.45, 2.75) is 6.92 Å². The Morgan fingerprint density at radius 1 is 1.03 bits per heavy atom. The van der Waals surface area contributed by atoms with Gasteiger partial charge in [0.25, 0.3) is 5.91 Å². The molecule has 7 heteroatoms. The lowest BCUT2D eigenvalue weighted by molar-refractivity contribution is 0.0742. The quantitative estimate of drug-likeness (QED) is 0.618. The van der Waals surface area contributed by atoms with Gasteiger partial charge in [0.1, 0.15) is 17.9 Å². The maximum absolute atomic E-state index is 13.0. The maximum Gasteiger partial charge on any atom is 0.257 e. The summed E-state index contributed by atoms with van der Waals surface area (Å²) in [5, 5.41) is 0.694. The minimum absolute atomic E-state index is 0.00300. The predicted molar refractivity (Wildman–Crippen MR) is 118 cm³/mol. The molecule has 1 aromatic heterocycles. The smallest absolute Gasteiger partial charge is 0.257 e. The fourth-order valence-electron chi connectivity index (χ4n) is 3.53. The first-order valence-electron chi connectivity index (χ1n) is 9.99. The summed E-state index contributed by atoms with van der Waals surface area (Å²) >= 11 is 5.98. The van der Waals surface area contributed by atoms with Gasteiger partial charge in [-0.2, -0.15) is 0 Å². The van der Waals surface area contributed by atoms with Crippen molar-refractivity contribution in [2.75, 3.05) is 37.7 Å². The highest BCUT2D eigenvalue weighted by Crippen LogP contribution is 2.24. The zero-order valence-electron chi connectivity index (χ0n) is 16.8. The number of piperazine rings is 1. The van der Waals surface area contributed by atoms with Crippen LogP contribution in [0.4, 0.5) is 5.82 Å². The molecule has 6 nitrogen and oxygen atoms in total. The van der Waals surface area contributed by atoms with E-state index in [1.165, 1.54) is 0 Å². The number of rotatable bonds is 5. The van der Waals surface area contributed by atoms with Crippen LogP contribution in [0, 0.1) is 0 Å². The molecule has 1 aliphatic heterocycles. The molecule has 1 amide bonds. The molecule has 0 atom stereocenters. The van der Waals surface area contributed by atoms with Gasteiger partial charge in [0, 0.05) is 42.8 Å². The molecular weight excluding hydrogens is 400 g/mol. The molecule has 0 N–H and O–H groups in total. The van der Waals surface area contributed by atoms with Crippen LogP contribution in [0.25, 0.3) is 11.3 Å². The SMILES string of the molecule is CCOc1ccccc1C(=O)N1CCN(c2cc(-c3ccc(Cl)cc3)ncn2)CC1. The van der Waals surface area contributed by atoms with E-state index in [0.29, 0.717) is 49.1 Å². The summed E-state index contributed by atoms with van der Waals surface area (Å²) in [6.45, 7) is 5.11. The number of hydrogen-bond donors (Lipinski definition) is 0. The van der Waals surface area contributed by atoms with E-state index in [2.05, 4.69) is 14.9 Å². The van der Waals surface area contributed by atoms with Crippen LogP contribution in [-0.4, -0.2) is 53.6 Å². The second-order valence-electron chi connectivity index (χ2n) is 6.98. The second kappa shape index (κ2) is 9.13. The Bertz CT molecular complexity index is 1020. The van der Waals surface area contributed by atoms with Gasteiger partial charge < -0.3 is 14.5 Å². The zero-order chi connectivity index (χ0) is 20.9. The topological polar surface area (TPSA) is 58.6 Å². The van der Waals surface area contributed by atoms with Crippen LogP contribution >= 0.6 is 11.6 Å². The Morgan fingerprint density at radius 3 is 2.50 bits per heavy atom. The first-order chi connectivity index (χ1) is 14.7. The van der Waals surface area contributed by atoms with E-state index in [1.807, 2.05) is 66.4 Å². The van der Waals surface area contributed by atoms with Gasteiger partial charge in [-0.15, -0.1) is 0 Å². The van der Waals surface area contributed by atoms with Gasteiger partial charge in [-0.05, 0) is 31.2 Å². The molecule has 0 spiro atoms. The average molecular weight is 423 g/mol. The summed E-state index contributed by atoms with van der Waals surface area (Å²) in [5.41, 5.74) is 2.45. The van der Waals surface area contributed by atoms with Gasteiger partial charge in [-0.1, -0.05) is 35.9 Å². The van der Waals surface area contributed by atoms with E-state index in [-0.39, 0.29) is 5.91 Å². The van der Waals surface area contributed by atoms with Crippen molar-refractivity contribution in [2.24, 2.45) is 0 Å². The Labute approximate surface area is 181 Å². The number of halogens is 1. The Balaban J connectivity index is 1.44. The van der Waals surface area contributed by atoms with Crippen molar-refractivity contribution >= 4 is 23.3 Å². The highest BCUT2D eigenvalue weighted by atomic mass is 35.5. The molecule has 0 saturated carbocycles. The lowest BCUT2D eigenvalue weighted by Gasteiger charge is -2.35. The summed E-state index contributed by atoms with van der Waals surface area (Å²) < 4.78 is 5.62. The van der Waals surface area contributed by atoms with Gasteiger partial charge in [0.05, 0.1) is 17.9 Å². The molecule has 1 saturated heterocycles. The lowest BCUT2D eigenvalue weighted by Crippen LogP contribution is -2.49. The van der Waals surface area contributed by atoms with Crippen LogP contribution in [0.2, 0.25) is 5.02 Å². The predicted octanol–water partition coefficient (Wildman–Crippen LogP) is 4.16. The van der Waals surface area contributed by atoms with Crippen molar-refractivity contribution in [3.05, 3.63) is 71.5 Å². The number of nitrogens with zero attached hydrogens (tertiary/aromatic N) is 4. The molecule has 0 bridgehead atoms. The fraction of sp³-hybridized carbons (Fsp3) is 0.261. The number of para-hydroxylation sites is 1. The molecule has 0 radical (unpaired) electrons. The number of amides is 1. The maximum atomic E-state index is 13.0. The van der Waals surface area contributed by atoms with Crippen molar-refractivity contribution < 1.29 is 9.53 Å². The summed E-state index contributed by atoms with van der Waals surface area (Å²) in [5.74, 6) is 1.50. The highest BCUT2D eigenvalue weighted by molar-refractivity contribution is 6.30. The number of aromatic nitrogens is 2. The fourth-order valence-corrected chi connectivity index (χ4v) is 3.66. The summed E-state index contributed by atoms with van der Waals surface area (Å²) in [4.78, 5) is 25.9. The summed E-state index contributed by atoms with van der Waals surface area (Å²) in [6, 6.07) is 17.0. The van der Waals surface area contributed by atoms with Gasteiger partial charge in [0.15, 0.2) is 0 Å². The monoisotopic (exact) mass is 422 g/mol. The first kappa shape index (κ1) is 20.2. The number of anilines is 1. The van der Waals surface area contributed by atoms with E-state index < -0.39 is 0 Å². The normalized spacial score (nSPS) is 13.9. The highest BCUT2D eigenvalue weighted by Gasteiger charge is 2.25. The molecule has 154 valence electrons. The zero-order valence-corrected chi connectivity index (χ0v) is 17.5. The van der Waals surface area contributed by atoms with Crippen LogP contribution in [0.1, 0.15) is 17.3 Å². The number of carbonyl (C=O) groups excluding carboxylic acids is 1. The van der Waals surface area contributed by atoms with Crippen LogP contribution < -0.4 is 9.64 Å². The number of hydrogen-bond acceptors (Lipinski definition) is 5. The molecule has 2 heterocycles. The van der Waals surface area contributed by atoms with Crippen LogP contribution in [0.3, 0.4) is 0 Å². The number of ether oxygens (including phenoxy) is 1. The first-order valence-corrected chi connectivity index (χ1v) is 10.4. The van der Waals surface area contributed by atoms with Gasteiger partial charge in [-0.25, -0.2) is 9.97 Å². The van der Waals surface area contributed by atoms with Crippen molar-refractivity contribution in [3.63, 3.8) is 0 Å². The number of benzene rings is 2. The van der Waals surface area contributed by atoms with Gasteiger partial charge >= 0.3 is 0 Å². The second-order valence-corrected chi connectivity index (χ2v) is 7.41. The molecule has 1 aliphatic rings. The minimum atomic E-state index is 0.00300. The standard InChI is InChI=1S/C23H23ClN4O2/c1-2-30-21-6-4-3-5-19(21)23(29)28-13-11-27(12-14-28)22-15-20(25-16-26-22)17-7-9-18(24)10-8-17/h3-10,15-16H,2,11-14H2,1H3. The largest absolute Gasteiger partial charge is 0.493 e. The third-order valence-electron chi connectivity index (χ3n) is 5.10. The average Bonchev–Trinajstić information content (AvgIpc) is 2.80. The summed E-state index contributed by atoms with van der Waals surface area (Å²) in [6.07, 6.45) is 1.58. The summed E-state index contributed by atoms with van der Waals surface area (Å²) in [7, 11) is 0. The molecule has 1 fully saturated rings. The Kier molecular flexibility index (Phi) is 6.14. The van der Waals surface area contributed by atoms with Gasteiger partial charge in [0.2, 0.25) is 0 Å². The number of carbonyl (C=O) groups is 1. The third kappa shape index (κ3) is 4.39. The van der Waals surface area contributed by atoms with E-state index in [9.17, 15) is 4.79 Å². The van der Waals surface area contributed by atoms with Gasteiger partial charge in [-0.3, -0.25) is 4.79 Å². The van der Waals surface area contributed by atoms with Crippen LogP contribution in [0.15, 0.2) is 60.9 Å². The Morgan fingerprint density at radius 2 is 1.77 bits per heavy atom. The van der Waals surface area contributed by atoms with E-state index in [4.69, 9.17) is 16.3 Å². The molecule has 3 aromatic rings. The molecule has 30 heavy (non-hydrogen) atoms. The minimum Gasteiger partial charge on any atom is -0.493 e. The van der Waals surface area contributed by atoms with Crippen molar-refractivity contribution in [3.8, 4) is 17.0 Å². The van der Waals surface area contributed by atoms with E-state index in [0.717, 1.165) is 17.1 Å². The third-order valence-corrected chi connectivity index (χ3v) is 5.35. The van der Waals surface area contributed by atoms with E-state index in [1.54, 1.807) is 6.33 Å². The molecule has 4 rings (SSSR count). The Hall–Kier alpha value is -3.12. The molecular formula is C23H23ClN4O2. The van der Waals surface area contributed by atoms with Crippen LogP contribution in [0.5, 0.6) is 5.75 Å². The van der Waals surface area contributed by atoms with E-state index >= 15 is 0 Å². The van der Waals surface area contributed by atoms with Crippen molar-refractivity contribution in [1.29, 1.82) is 0 Å². The van der Waals surface area contributed by atoms with Crippen LogP contribution in [-0.2, 0) is 0 Å².